The van der Waals surface area contributed by atoms with Crippen molar-refractivity contribution in [1.82, 2.24) is 9.38 Å². The number of aromatic hydroxyl groups is 1. The van der Waals surface area contributed by atoms with Crippen molar-refractivity contribution in [1.29, 1.82) is 0 Å². The minimum Gasteiger partial charge on any atom is -0.508 e. The highest BCUT2D eigenvalue weighted by molar-refractivity contribution is 6.19. The summed E-state index contributed by atoms with van der Waals surface area (Å²) in [7, 11) is 0. The number of phenols is 1. The van der Waals surface area contributed by atoms with E-state index in [1.54, 1.807) is 41.1 Å². The summed E-state index contributed by atoms with van der Waals surface area (Å²) >= 11 is 6.50. The van der Waals surface area contributed by atoms with Gasteiger partial charge in [-0.05, 0) is 82.3 Å². The van der Waals surface area contributed by atoms with Crippen molar-refractivity contribution < 1.29 is 14.7 Å². The number of imidazole rings is 1. The monoisotopic (exact) mass is 566 g/mol. The number of benzene rings is 3. The third-order valence-electron chi connectivity index (χ3n) is 7.79. The van der Waals surface area contributed by atoms with Crippen LogP contribution in [0.15, 0.2) is 73.1 Å². The normalized spacial score (nSPS) is 15.0. The van der Waals surface area contributed by atoms with Crippen LogP contribution < -0.4 is 10.2 Å². The Morgan fingerprint density at radius 3 is 2.54 bits per heavy atom. The highest BCUT2D eigenvalue weighted by Gasteiger charge is 2.37. The smallest absolute Gasteiger partial charge is 0.278 e. The number of carbonyl (C=O) groups excluding carboxylic acids is 2. The molecule has 0 unspecified atom stereocenters. The number of anilines is 2. The molecule has 7 nitrogen and oxygen atoms in total. The Labute approximate surface area is 243 Å². The molecule has 0 bridgehead atoms. The molecular weight excluding hydrogens is 536 g/mol. The number of aryl methyl sites for hydroxylation is 1. The zero-order valence-electron chi connectivity index (χ0n) is 23.4. The van der Waals surface area contributed by atoms with Crippen LogP contribution in [0.4, 0.5) is 11.4 Å². The van der Waals surface area contributed by atoms with E-state index in [1.807, 2.05) is 4.90 Å². The number of alkyl halides is 1. The van der Waals surface area contributed by atoms with Crippen molar-refractivity contribution in [3.05, 3.63) is 101 Å². The average Bonchev–Trinajstić information content (AvgIpc) is 3.53. The minimum absolute atomic E-state index is 0.00646. The van der Waals surface area contributed by atoms with E-state index in [-0.39, 0.29) is 28.9 Å². The van der Waals surface area contributed by atoms with Gasteiger partial charge in [-0.15, -0.1) is 11.6 Å². The molecule has 2 N–H and O–H groups in total. The molecule has 3 aromatic carbocycles. The van der Waals surface area contributed by atoms with E-state index in [0.29, 0.717) is 35.0 Å². The number of nitrogens with one attached hydrogen (secondary N) is 1. The molecule has 3 heterocycles. The standard InChI is InChI=1S/C33H31ClN4O3/c1-19-6-5-7-24-25(33(2,3)4)14-27-30(29(19)24)21(15-34)16-38(27)32(41)26-18-37-17-22(10-13-28(37)36-26)35-31(40)20-8-11-23(39)12-9-20/h5-14,17-18,21,39H,15-16H2,1-4H3,(H,35,40)/t21-/m1/s1. The van der Waals surface area contributed by atoms with Gasteiger partial charge in [-0.3, -0.25) is 9.59 Å². The number of nitrogens with zero attached hydrogens (tertiary/aromatic N) is 3. The van der Waals surface area contributed by atoms with Crippen LogP contribution in [0.3, 0.4) is 0 Å². The molecule has 0 saturated heterocycles. The van der Waals surface area contributed by atoms with Crippen LogP contribution in [-0.2, 0) is 5.41 Å². The van der Waals surface area contributed by atoms with Crippen LogP contribution in [0.1, 0.15) is 64.2 Å². The summed E-state index contributed by atoms with van der Waals surface area (Å²) in [6, 6.07) is 18.1. The summed E-state index contributed by atoms with van der Waals surface area (Å²) in [5.74, 6) is 0.00918. The predicted octanol–water partition coefficient (Wildman–Crippen LogP) is 7.03. The highest BCUT2D eigenvalue weighted by Crippen LogP contribution is 2.47. The van der Waals surface area contributed by atoms with Gasteiger partial charge >= 0.3 is 0 Å². The van der Waals surface area contributed by atoms with Crippen LogP contribution in [0, 0.1) is 6.92 Å². The molecule has 0 spiro atoms. The Kier molecular flexibility index (Phi) is 6.50. The molecule has 2 aromatic heterocycles. The second-order valence-electron chi connectivity index (χ2n) is 11.7. The molecule has 1 aliphatic heterocycles. The van der Waals surface area contributed by atoms with Gasteiger partial charge in [0.05, 0.1) is 5.69 Å². The number of hydrogen-bond donors (Lipinski definition) is 2. The summed E-state index contributed by atoms with van der Waals surface area (Å²) in [4.78, 5) is 33.1. The van der Waals surface area contributed by atoms with E-state index in [9.17, 15) is 14.7 Å². The summed E-state index contributed by atoms with van der Waals surface area (Å²) in [6.45, 7) is 9.17. The van der Waals surface area contributed by atoms with Gasteiger partial charge in [0.25, 0.3) is 11.8 Å². The van der Waals surface area contributed by atoms with E-state index in [4.69, 9.17) is 11.6 Å². The lowest BCUT2D eigenvalue weighted by atomic mass is 9.80. The number of pyridine rings is 1. The quantitative estimate of drug-likeness (QED) is 0.229. The van der Waals surface area contributed by atoms with Gasteiger partial charge in [-0.2, -0.15) is 0 Å². The Morgan fingerprint density at radius 2 is 1.83 bits per heavy atom. The van der Waals surface area contributed by atoms with E-state index >= 15 is 0 Å². The first-order valence-corrected chi connectivity index (χ1v) is 14.1. The van der Waals surface area contributed by atoms with Gasteiger partial charge < -0.3 is 19.7 Å². The van der Waals surface area contributed by atoms with Crippen molar-refractivity contribution in [2.45, 2.75) is 39.0 Å². The van der Waals surface area contributed by atoms with Crippen LogP contribution >= 0.6 is 11.6 Å². The number of aromatic nitrogens is 2. The van der Waals surface area contributed by atoms with Crippen molar-refractivity contribution >= 4 is 51.2 Å². The molecule has 1 atom stereocenters. The van der Waals surface area contributed by atoms with Gasteiger partial charge in [-0.1, -0.05) is 39.0 Å². The topological polar surface area (TPSA) is 86.9 Å². The number of rotatable bonds is 4. The van der Waals surface area contributed by atoms with E-state index in [0.717, 1.165) is 11.3 Å². The molecule has 208 valence electrons. The zero-order chi connectivity index (χ0) is 29.1. The number of hydrogen-bond acceptors (Lipinski definition) is 4. The second kappa shape index (κ2) is 9.93. The molecular formula is C33H31ClN4O3. The average molecular weight is 567 g/mol. The molecule has 5 aromatic rings. The lowest BCUT2D eigenvalue weighted by Crippen LogP contribution is -2.30. The third-order valence-corrected chi connectivity index (χ3v) is 8.16. The number of amides is 2. The molecule has 0 saturated carbocycles. The van der Waals surface area contributed by atoms with Gasteiger partial charge in [-0.25, -0.2) is 4.98 Å². The summed E-state index contributed by atoms with van der Waals surface area (Å²) in [5, 5.41) is 14.7. The lowest BCUT2D eigenvalue weighted by molar-refractivity contribution is 0.0982. The third kappa shape index (κ3) is 4.70. The largest absolute Gasteiger partial charge is 0.508 e. The van der Waals surface area contributed by atoms with Crippen molar-refractivity contribution in [2.24, 2.45) is 0 Å². The summed E-state index contributed by atoms with van der Waals surface area (Å²) in [6.07, 6.45) is 3.42. The van der Waals surface area contributed by atoms with Crippen LogP contribution in [0.5, 0.6) is 5.75 Å². The molecule has 2 amide bonds. The van der Waals surface area contributed by atoms with Crippen LogP contribution in [-0.4, -0.2) is 38.7 Å². The van der Waals surface area contributed by atoms with Crippen molar-refractivity contribution in [3.8, 4) is 5.75 Å². The first-order valence-electron chi connectivity index (χ1n) is 13.6. The highest BCUT2D eigenvalue weighted by atomic mass is 35.5. The second-order valence-corrected chi connectivity index (χ2v) is 12.0. The fraction of sp³-hybridized carbons (Fsp3) is 0.242. The van der Waals surface area contributed by atoms with Gasteiger partial charge in [0.1, 0.15) is 17.1 Å². The zero-order valence-corrected chi connectivity index (χ0v) is 24.2. The Balaban J connectivity index is 1.37. The lowest BCUT2D eigenvalue weighted by Gasteiger charge is -2.26. The fourth-order valence-corrected chi connectivity index (χ4v) is 6.03. The van der Waals surface area contributed by atoms with Crippen LogP contribution in [0.25, 0.3) is 16.4 Å². The number of phenolic OH excluding ortho intramolecular Hbond substituents is 1. The molecule has 6 rings (SSSR count). The molecule has 1 aliphatic rings. The number of halogens is 1. The van der Waals surface area contributed by atoms with Gasteiger partial charge in [0, 0.05) is 42.0 Å². The molecule has 8 heteroatoms. The van der Waals surface area contributed by atoms with Crippen molar-refractivity contribution in [2.75, 3.05) is 22.6 Å². The molecule has 0 aliphatic carbocycles. The van der Waals surface area contributed by atoms with E-state index < -0.39 is 0 Å². The summed E-state index contributed by atoms with van der Waals surface area (Å²) in [5.41, 5.74) is 6.13. The Bertz CT molecular complexity index is 1840. The van der Waals surface area contributed by atoms with Crippen LogP contribution in [0.2, 0.25) is 0 Å². The summed E-state index contributed by atoms with van der Waals surface area (Å²) < 4.78 is 1.74. The molecule has 41 heavy (non-hydrogen) atoms. The van der Waals surface area contributed by atoms with Gasteiger partial charge in [0.2, 0.25) is 0 Å². The minimum atomic E-state index is -0.307. The van der Waals surface area contributed by atoms with Crippen molar-refractivity contribution in [3.63, 3.8) is 0 Å². The number of fused-ring (bicyclic) bond motifs is 4. The molecule has 0 radical (unpaired) electrons. The Hall–Kier alpha value is -4.36. The Morgan fingerprint density at radius 1 is 1.07 bits per heavy atom. The predicted molar refractivity (Wildman–Crippen MR) is 164 cm³/mol. The maximum Gasteiger partial charge on any atom is 0.278 e. The van der Waals surface area contributed by atoms with E-state index in [2.05, 4.69) is 62.3 Å². The molecule has 0 fully saturated rings. The first-order chi connectivity index (χ1) is 19.5. The first kappa shape index (κ1) is 26.8. The maximum atomic E-state index is 14.0. The SMILES string of the molecule is Cc1cccc2c(C(C)(C)C)cc3c(c12)[C@H](CCl)CN3C(=O)c1cn2cc(NC(=O)c3ccc(O)cc3)ccc2n1. The maximum absolute atomic E-state index is 14.0. The van der Waals surface area contributed by atoms with E-state index in [1.165, 1.54) is 34.0 Å². The van der Waals surface area contributed by atoms with Gasteiger partial charge in [0.15, 0.2) is 0 Å². The number of carbonyl (C=O) groups is 2. The fourth-order valence-electron chi connectivity index (χ4n) is 5.78.